The van der Waals surface area contributed by atoms with Crippen molar-refractivity contribution < 1.29 is 5.11 Å². The third kappa shape index (κ3) is 1.93. The fraction of sp³-hybridized carbons (Fsp3) is 0.556. The van der Waals surface area contributed by atoms with Crippen molar-refractivity contribution in [1.82, 2.24) is 4.90 Å². The van der Waals surface area contributed by atoms with Crippen LogP contribution in [0.15, 0.2) is 18.2 Å². The lowest BCUT2D eigenvalue weighted by atomic mass is 9.59. The molecular formula is C18H23NO. The van der Waals surface area contributed by atoms with Crippen LogP contribution >= 0.6 is 0 Å². The number of benzene rings is 1. The summed E-state index contributed by atoms with van der Waals surface area (Å²) in [6, 6.07) is 6.49. The van der Waals surface area contributed by atoms with Gasteiger partial charge >= 0.3 is 0 Å². The zero-order chi connectivity index (χ0) is 14.3. The summed E-state index contributed by atoms with van der Waals surface area (Å²) in [5.41, 5.74) is 2.94. The van der Waals surface area contributed by atoms with Gasteiger partial charge in [0.05, 0.1) is 0 Å². The molecule has 0 aromatic heterocycles. The molecule has 20 heavy (non-hydrogen) atoms. The first-order chi connectivity index (χ1) is 9.56. The van der Waals surface area contributed by atoms with Crippen molar-refractivity contribution in [2.45, 2.75) is 44.6 Å². The normalized spacial score (nSPS) is 32.5. The summed E-state index contributed by atoms with van der Waals surface area (Å²) < 4.78 is 0. The van der Waals surface area contributed by atoms with Crippen LogP contribution in [0.2, 0.25) is 0 Å². The SMILES string of the molecule is C#CCCN1CC[C@]2(C)c3cc(O)ccc3C[C@@H]1[C@@H]2C. The van der Waals surface area contributed by atoms with Gasteiger partial charge in [-0.3, -0.25) is 4.90 Å². The van der Waals surface area contributed by atoms with Crippen LogP contribution in [0.25, 0.3) is 0 Å². The Morgan fingerprint density at radius 2 is 2.30 bits per heavy atom. The minimum atomic E-state index is 0.184. The predicted octanol–water partition coefficient (Wildman–Crippen LogP) is 2.94. The van der Waals surface area contributed by atoms with Crippen LogP contribution in [-0.2, 0) is 11.8 Å². The van der Waals surface area contributed by atoms with Crippen LogP contribution in [0.1, 0.15) is 37.8 Å². The third-order valence-electron chi connectivity index (χ3n) is 5.65. The molecule has 0 radical (unpaired) electrons. The van der Waals surface area contributed by atoms with Crippen LogP contribution in [0.3, 0.4) is 0 Å². The molecule has 1 saturated heterocycles. The van der Waals surface area contributed by atoms with Gasteiger partial charge in [-0.05, 0) is 54.0 Å². The van der Waals surface area contributed by atoms with Crippen molar-refractivity contribution in [3.05, 3.63) is 29.3 Å². The summed E-state index contributed by atoms with van der Waals surface area (Å²) in [4.78, 5) is 2.57. The summed E-state index contributed by atoms with van der Waals surface area (Å²) in [7, 11) is 0. The Balaban J connectivity index is 1.98. The molecule has 2 bridgehead atoms. The minimum absolute atomic E-state index is 0.184. The molecule has 3 rings (SSSR count). The van der Waals surface area contributed by atoms with Gasteiger partial charge in [0.2, 0.25) is 0 Å². The Labute approximate surface area is 121 Å². The second-order valence-electron chi connectivity index (χ2n) is 6.56. The van der Waals surface area contributed by atoms with Gasteiger partial charge in [0.15, 0.2) is 0 Å². The molecule has 2 aliphatic rings. The summed E-state index contributed by atoms with van der Waals surface area (Å²) in [6.07, 6.45) is 8.48. The Hall–Kier alpha value is -1.46. The lowest BCUT2D eigenvalue weighted by molar-refractivity contribution is 0.0330. The van der Waals surface area contributed by atoms with Crippen LogP contribution in [0.4, 0.5) is 0 Å². The predicted molar refractivity (Wildman–Crippen MR) is 81.8 cm³/mol. The quantitative estimate of drug-likeness (QED) is 0.834. The van der Waals surface area contributed by atoms with E-state index in [1.165, 1.54) is 11.1 Å². The van der Waals surface area contributed by atoms with Gasteiger partial charge in [-0.25, -0.2) is 0 Å². The Bertz CT molecular complexity index is 559. The standard InChI is InChI=1S/C18H23NO/c1-4-5-9-19-10-8-18(3)13(2)17(19)11-14-6-7-15(20)12-16(14)18/h1,6-7,12-13,17,20H,5,8-11H2,2-3H3/t13-,17+,18-/m0/s1. The summed E-state index contributed by atoms with van der Waals surface area (Å²) >= 11 is 0. The maximum atomic E-state index is 9.82. The van der Waals surface area contributed by atoms with Crippen LogP contribution in [-0.4, -0.2) is 29.1 Å². The maximum absolute atomic E-state index is 9.82. The van der Waals surface area contributed by atoms with Crippen molar-refractivity contribution >= 4 is 0 Å². The van der Waals surface area contributed by atoms with E-state index >= 15 is 0 Å². The van der Waals surface area contributed by atoms with Gasteiger partial charge in [0.25, 0.3) is 0 Å². The molecule has 1 heterocycles. The third-order valence-corrected chi connectivity index (χ3v) is 5.65. The van der Waals surface area contributed by atoms with Crippen molar-refractivity contribution in [2.75, 3.05) is 13.1 Å². The number of aromatic hydroxyl groups is 1. The highest BCUT2D eigenvalue weighted by atomic mass is 16.3. The highest BCUT2D eigenvalue weighted by Gasteiger charge is 2.48. The molecule has 1 aliphatic heterocycles. The Morgan fingerprint density at radius 1 is 1.50 bits per heavy atom. The molecule has 1 aliphatic carbocycles. The number of likely N-dealkylation sites (tertiary alicyclic amines) is 1. The minimum Gasteiger partial charge on any atom is -0.508 e. The number of nitrogens with zero attached hydrogens (tertiary/aromatic N) is 1. The second kappa shape index (κ2) is 4.82. The van der Waals surface area contributed by atoms with E-state index < -0.39 is 0 Å². The number of phenols is 1. The average Bonchev–Trinajstić information content (AvgIpc) is 2.43. The van der Waals surface area contributed by atoms with Gasteiger partial charge in [0.1, 0.15) is 5.75 Å². The smallest absolute Gasteiger partial charge is 0.115 e. The van der Waals surface area contributed by atoms with E-state index in [0.717, 1.165) is 32.4 Å². The number of phenolic OH excluding ortho intramolecular Hbond substituents is 1. The van der Waals surface area contributed by atoms with E-state index in [2.05, 4.69) is 30.7 Å². The van der Waals surface area contributed by atoms with E-state index in [9.17, 15) is 5.11 Å². The second-order valence-corrected chi connectivity index (χ2v) is 6.56. The largest absolute Gasteiger partial charge is 0.508 e. The fourth-order valence-electron chi connectivity index (χ4n) is 4.18. The highest BCUT2D eigenvalue weighted by Crippen LogP contribution is 2.49. The van der Waals surface area contributed by atoms with Crippen molar-refractivity contribution in [3.8, 4) is 18.1 Å². The molecule has 1 fully saturated rings. The number of fused-ring (bicyclic) bond motifs is 4. The zero-order valence-corrected chi connectivity index (χ0v) is 12.4. The monoisotopic (exact) mass is 269 g/mol. The Kier molecular flexibility index (Phi) is 3.26. The molecule has 0 amide bonds. The van der Waals surface area contributed by atoms with Gasteiger partial charge in [-0.1, -0.05) is 19.9 Å². The van der Waals surface area contributed by atoms with Gasteiger partial charge in [-0.15, -0.1) is 12.3 Å². The number of terminal acetylenes is 1. The van der Waals surface area contributed by atoms with Crippen LogP contribution < -0.4 is 0 Å². The summed E-state index contributed by atoms with van der Waals surface area (Å²) in [5, 5.41) is 9.82. The lowest BCUT2D eigenvalue weighted by Crippen LogP contribution is -2.58. The van der Waals surface area contributed by atoms with Gasteiger partial charge in [-0.2, -0.15) is 0 Å². The molecule has 0 unspecified atom stereocenters. The van der Waals surface area contributed by atoms with Gasteiger partial charge in [0, 0.05) is 19.0 Å². The first-order valence-corrected chi connectivity index (χ1v) is 7.56. The van der Waals surface area contributed by atoms with Crippen LogP contribution in [0.5, 0.6) is 5.75 Å². The molecule has 106 valence electrons. The van der Waals surface area contributed by atoms with Crippen molar-refractivity contribution in [2.24, 2.45) is 5.92 Å². The number of hydrogen-bond donors (Lipinski definition) is 1. The van der Waals surface area contributed by atoms with E-state index in [0.29, 0.717) is 17.7 Å². The maximum Gasteiger partial charge on any atom is 0.115 e. The fourth-order valence-corrected chi connectivity index (χ4v) is 4.18. The summed E-state index contributed by atoms with van der Waals surface area (Å²) in [6.45, 7) is 6.84. The van der Waals surface area contributed by atoms with Gasteiger partial charge < -0.3 is 5.11 Å². The van der Waals surface area contributed by atoms with E-state index in [1.807, 2.05) is 12.1 Å². The molecule has 1 N–H and O–H groups in total. The van der Waals surface area contributed by atoms with Crippen LogP contribution in [0, 0.1) is 18.3 Å². The Morgan fingerprint density at radius 3 is 3.05 bits per heavy atom. The average molecular weight is 269 g/mol. The number of hydrogen-bond acceptors (Lipinski definition) is 2. The number of piperidine rings is 1. The molecule has 2 heteroatoms. The first-order valence-electron chi connectivity index (χ1n) is 7.56. The lowest BCUT2D eigenvalue weighted by Gasteiger charge is -2.54. The molecule has 0 saturated carbocycles. The molecule has 1 aromatic carbocycles. The first kappa shape index (κ1) is 13.5. The van der Waals surface area contributed by atoms with E-state index in [1.54, 1.807) is 0 Å². The molecule has 0 spiro atoms. The number of rotatable bonds is 2. The molecular weight excluding hydrogens is 246 g/mol. The van der Waals surface area contributed by atoms with E-state index in [4.69, 9.17) is 6.42 Å². The zero-order valence-electron chi connectivity index (χ0n) is 12.4. The highest BCUT2D eigenvalue weighted by molar-refractivity contribution is 5.44. The van der Waals surface area contributed by atoms with E-state index in [-0.39, 0.29) is 5.41 Å². The summed E-state index contributed by atoms with van der Waals surface area (Å²) in [5.74, 6) is 3.76. The molecule has 1 aromatic rings. The topological polar surface area (TPSA) is 23.5 Å². The van der Waals surface area contributed by atoms with Crippen molar-refractivity contribution in [1.29, 1.82) is 0 Å². The molecule has 2 nitrogen and oxygen atoms in total. The molecule has 3 atom stereocenters. The van der Waals surface area contributed by atoms with Crippen molar-refractivity contribution in [3.63, 3.8) is 0 Å².